The summed E-state index contributed by atoms with van der Waals surface area (Å²) < 4.78 is 6.85. The van der Waals surface area contributed by atoms with Crippen molar-refractivity contribution in [1.82, 2.24) is 14.4 Å². The van der Waals surface area contributed by atoms with Gasteiger partial charge < -0.3 is 14.5 Å². The van der Waals surface area contributed by atoms with Gasteiger partial charge in [0.05, 0.1) is 40.4 Å². The Morgan fingerprint density at radius 3 is 2.66 bits per heavy atom. The number of carbonyl (C=O) groups is 2. The zero-order valence-electron chi connectivity index (χ0n) is 17.9. The fourth-order valence-corrected chi connectivity index (χ4v) is 4.19. The summed E-state index contributed by atoms with van der Waals surface area (Å²) in [5.74, 6) is -0.252. The summed E-state index contributed by atoms with van der Waals surface area (Å²) in [7, 11) is 0. The van der Waals surface area contributed by atoms with Crippen LogP contribution in [0.2, 0.25) is 15.2 Å². The standard InChI is InChI=1S/C23H17Cl4N5O3/c24-6-3-9-35-23(34)30-17-11-13(25)10-16(26)18(17)31-22(33)19-20(15-5-1-7-28-21(15)27)32-8-2-4-14(32)12-29-19/h1-2,4-5,7-8,10-12H,3,6,9H2,(H,30,34)(H,31,33). The number of amides is 2. The van der Waals surface area contributed by atoms with Crippen LogP contribution in [-0.4, -0.2) is 38.9 Å². The highest BCUT2D eigenvalue weighted by molar-refractivity contribution is 6.38. The summed E-state index contributed by atoms with van der Waals surface area (Å²) in [6.07, 6.45) is 4.62. The van der Waals surface area contributed by atoms with E-state index in [0.717, 1.165) is 5.52 Å². The van der Waals surface area contributed by atoms with Crippen molar-refractivity contribution in [3.8, 4) is 11.3 Å². The monoisotopic (exact) mass is 551 g/mol. The highest BCUT2D eigenvalue weighted by atomic mass is 35.5. The largest absolute Gasteiger partial charge is 0.449 e. The van der Waals surface area contributed by atoms with Gasteiger partial charge in [0, 0.05) is 28.9 Å². The minimum atomic E-state index is -0.751. The van der Waals surface area contributed by atoms with Crippen LogP contribution in [0, 0.1) is 0 Å². The summed E-state index contributed by atoms with van der Waals surface area (Å²) in [6, 6.07) is 9.98. The van der Waals surface area contributed by atoms with E-state index in [4.69, 9.17) is 51.1 Å². The number of nitrogens with zero attached hydrogens (tertiary/aromatic N) is 3. The van der Waals surface area contributed by atoms with Gasteiger partial charge in [-0.15, -0.1) is 11.6 Å². The first-order chi connectivity index (χ1) is 16.9. The Bertz CT molecular complexity index is 1410. The molecule has 2 amide bonds. The lowest BCUT2D eigenvalue weighted by molar-refractivity contribution is 0.102. The number of ether oxygens (including phenoxy) is 1. The first-order valence-corrected chi connectivity index (χ1v) is 11.9. The molecular formula is C23H17Cl4N5O3. The van der Waals surface area contributed by atoms with Crippen LogP contribution in [-0.2, 0) is 4.74 Å². The third-order valence-corrected chi connectivity index (χ3v) is 5.93. The van der Waals surface area contributed by atoms with E-state index in [1.54, 1.807) is 35.1 Å². The molecule has 0 atom stereocenters. The van der Waals surface area contributed by atoms with Crippen LogP contribution in [0.1, 0.15) is 16.9 Å². The number of hydrogen-bond acceptors (Lipinski definition) is 5. The second kappa shape index (κ2) is 11.1. The summed E-state index contributed by atoms with van der Waals surface area (Å²) in [4.78, 5) is 34.2. The Morgan fingerprint density at radius 2 is 1.89 bits per heavy atom. The molecule has 0 fully saturated rings. The van der Waals surface area contributed by atoms with Crippen molar-refractivity contribution in [3.63, 3.8) is 0 Å². The van der Waals surface area contributed by atoms with E-state index < -0.39 is 12.0 Å². The Hall–Kier alpha value is -3.04. The normalized spacial score (nSPS) is 10.9. The number of alkyl halides is 1. The molecule has 180 valence electrons. The molecule has 0 radical (unpaired) electrons. The maximum Gasteiger partial charge on any atom is 0.411 e. The summed E-state index contributed by atoms with van der Waals surface area (Å²) in [5.41, 5.74) is 2.02. The van der Waals surface area contributed by atoms with Gasteiger partial charge in [-0.05, 0) is 42.8 Å². The fraction of sp³-hybridized carbons (Fsp3) is 0.130. The number of hydrogen-bond donors (Lipinski definition) is 2. The zero-order chi connectivity index (χ0) is 24.9. The maximum absolute atomic E-state index is 13.5. The van der Waals surface area contributed by atoms with E-state index in [1.807, 2.05) is 12.1 Å². The quantitative estimate of drug-likeness (QED) is 0.149. The smallest absolute Gasteiger partial charge is 0.411 e. The van der Waals surface area contributed by atoms with Crippen molar-refractivity contribution < 1.29 is 14.3 Å². The summed E-state index contributed by atoms with van der Waals surface area (Å²) in [6.45, 7) is 0.126. The van der Waals surface area contributed by atoms with Crippen LogP contribution in [0.4, 0.5) is 16.2 Å². The maximum atomic E-state index is 13.5. The first-order valence-electron chi connectivity index (χ1n) is 10.3. The van der Waals surface area contributed by atoms with Crippen molar-refractivity contribution >= 4 is 75.3 Å². The Labute approximate surface area is 220 Å². The molecule has 35 heavy (non-hydrogen) atoms. The molecule has 0 aliphatic rings. The second-order valence-corrected chi connectivity index (χ2v) is 8.75. The van der Waals surface area contributed by atoms with Crippen LogP contribution in [0.25, 0.3) is 16.8 Å². The molecule has 8 nitrogen and oxygen atoms in total. The Balaban J connectivity index is 1.72. The number of nitrogens with one attached hydrogen (secondary N) is 2. The number of aromatic nitrogens is 3. The van der Waals surface area contributed by atoms with Crippen molar-refractivity contribution in [2.75, 3.05) is 23.1 Å². The van der Waals surface area contributed by atoms with Gasteiger partial charge in [-0.2, -0.15) is 0 Å². The van der Waals surface area contributed by atoms with E-state index in [0.29, 0.717) is 23.6 Å². The van der Waals surface area contributed by atoms with Gasteiger partial charge in [-0.1, -0.05) is 34.8 Å². The molecule has 0 saturated heterocycles. The molecule has 0 saturated carbocycles. The number of benzene rings is 1. The zero-order valence-corrected chi connectivity index (χ0v) is 20.9. The van der Waals surface area contributed by atoms with Gasteiger partial charge >= 0.3 is 6.09 Å². The predicted molar refractivity (Wildman–Crippen MR) is 138 cm³/mol. The Kier molecular flexibility index (Phi) is 7.97. The lowest BCUT2D eigenvalue weighted by atomic mass is 10.1. The first kappa shape index (κ1) is 25.1. The van der Waals surface area contributed by atoms with E-state index >= 15 is 0 Å². The molecule has 0 aliphatic carbocycles. The molecule has 0 unspecified atom stereocenters. The van der Waals surface area contributed by atoms with Gasteiger partial charge in [-0.25, -0.2) is 14.8 Å². The van der Waals surface area contributed by atoms with Crippen molar-refractivity contribution in [1.29, 1.82) is 0 Å². The SMILES string of the molecule is O=C(Nc1cc(Cl)cc(Cl)c1NC(=O)c1ncc2cccn2c1-c1cccnc1Cl)OCCCCl. The molecule has 0 bridgehead atoms. The summed E-state index contributed by atoms with van der Waals surface area (Å²) >= 11 is 24.4. The predicted octanol–water partition coefficient (Wildman–Crippen LogP) is 6.79. The third kappa shape index (κ3) is 5.62. The molecule has 1 aromatic carbocycles. The number of fused-ring (bicyclic) bond motifs is 1. The second-order valence-electron chi connectivity index (χ2n) is 7.17. The number of rotatable bonds is 7. The molecule has 0 aliphatic heterocycles. The van der Waals surface area contributed by atoms with Gasteiger partial charge in [-0.3, -0.25) is 10.1 Å². The highest BCUT2D eigenvalue weighted by Gasteiger charge is 2.23. The molecule has 4 rings (SSSR count). The number of pyridine rings is 1. The van der Waals surface area contributed by atoms with Crippen LogP contribution < -0.4 is 10.6 Å². The van der Waals surface area contributed by atoms with Crippen LogP contribution >= 0.6 is 46.4 Å². The van der Waals surface area contributed by atoms with Crippen molar-refractivity contribution in [2.24, 2.45) is 0 Å². The molecule has 4 aromatic rings. The minimum absolute atomic E-state index is 0.0604. The van der Waals surface area contributed by atoms with E-state index in [-0.39, 0.29) is 38.9 Å². The molecular weight excluding hydrogens is 536 g/mol. The van der Waals surface area contributed by atoms with Gasteiger partial charge in [0.25, 0.3) is 5.91 Å². The molecule has 3 aromatic heterocycles. The fourth-order valence-electron chi connectivity index (χ4n) is 3.33. The van der Waals surface area contributed by atoms with E-state index in [2.05, 4.69) is 20.6 Å². The molecule has 2 N–H and O–H groups in total. The van der Waals surface area contributed by atoms with Crippen LogP contribution in [0.3, 0.4) is 0 Å². The summed E-state index contributed by atoms with van der Waals surface area (Å²) in [5, 5.41) is 5.82. The molecule has 0 spiro atoms. The lowest BCUT2D eigenvalue weighted by Gasteiger charge is -2.16. The average Bonchev–Trinajstić information content (AvgIpc) is 3.30. The Morgan fingerprint density at radius 1 is 1.06 bits per heavy atom. The third-order valence-electron chi connectivity index (χ3n) is 4.84. The number of carbonyl (C=O) groups excluding carboxylic acids is 2. The molecule has 3 heterocycles. The van der Waals surface area contributed by atoms with E-state index in [9.17, 15) is 9.59 Å². The molecule has 12 heteroatoms. The van der Waals surface area contributed by atoms with Gasteiger partial charge in [0.1, 0.15) is 5.15 Å². The average molecular weight is 553 g/mol. The van der Waals surface area contributed by atoms with Crippen LogP contribution in [0.15, 0.2) is 55.0 Å². The van der Waals surface area contributed by atoms with Gasteiger partial charge in [0.15, 0.2) is 5.69 Å². The number of halogens is 4. The van der Waals surface area contributed by atoms with Crippen LogP contribution in [0.5, 0.6) is 0 Å². The number of anilines is 2. The van der Waals surface area contributed by atoms with E-state index in [1.165, 1.54) is 12.1 Å². The highest BCUT2D eigenvalue weighted by Crippen LogP contribution is 2.36. The van der Waals surface area contributed by atoms with Crippen molar-refractivity contribution in [2.45, 2.75) is 6.42 Å². The lowest BCUT2D eigenvalue weighted by Crippen LogP contribution is -2.20. The van der Waals surface area contributed by atoms with Gasteiger partial charge in [0.2, 0.25) is 0 Å². The topological polar surface area (TPSA) is 97.6 Å². The van der Waals surface area contributed by atoms with Crippen molar-refractivity contribution in [3.05, 3.63) is 75.9 Å². The minimum Gasteiger partial charge on any atom is -0.449 e.